The molecular weight excluding hydrogens is 231 g/mol. The predicted octanol–water partition coefficient (Wildman–Crippen LogP) is 3.43. The third kappa shape index (κ3) is 0.882. The summed E-state index contributed by atoms with van der Waals surface area (Å²) in [6, 6.07) is 0. The molecule has 3 aliphatic carbocycles. The maximum absolute atomic E-state index is 12.0. The molecule has 0 bridgehead atoms. The van der Waals surface area contributed by atoms with Crippen LogP contribution in [0.1, 0.15) is 33.6 Å². The van der Waals surface area contributed by atoms with Gasteiger partial charge in [-0.2, -0.15) is 0 Å². The summed E-state index contributed by atoms with van der Waals surface area (Å²) in [6.45, 7) is 6.62. The lowest BCUT2D eigenvalue weighted by molar-refractivity contribution is -0.149. The first-order valence-electron chi connectivity index (χ1n) is 5.67. The zero-order valence-corrected chi connectivity index (χ0v) is 10.8. The van der Waals surface area contributed by atoms with Crippen LogP contribution in [0.3, 0.4) is 0 Å². The van der Waals surface area contributed by atoms with Gasteiger partial charge in [0, 0.05) is 11.3 Å². The van der Waals surface area contributed by atoms with Crippen LogP contribution < -0.4 is 0 Å². The van der Waals surface area contributed by atoms with Crippen molar-refractivity contribution >= 4 is 29.0 Å². The summed E-state index contributed by atoms with van der Waals surface area (Å²) in [5.74, 6) is 1.47. The number of alkyl halides is 2. The molecule has 84 valence electrons. The Morgan fingerprint density at radius 1 is 1.27 bits per heavy atom. The van der Waals surface area contributed by atoms with Crippen LogP contribution in [0.2, 0.25) is 0 Å². The second-order valence-corrected chi connectivity index (χ2v) is 7.65. The number of Topliss-reactive ketones (excluding diaryl/α,β-unsaturated/α-hetero) is 1. The Bertz CT molecular complexity index is 361. The second-order valence-electron chi connectivity index (χ2n) is 6.33. The zero-order chi connectivity index (χ0) is 11.2. The number of ketones is 1. The second kappa shape index (κ2) is 2.41. The molecule has 4 atom stereocenters. The summed E-state index contributed by atoms with van der Waals surface area (Å²) < 4.78 is -1.11. The Labute approximate surface area is 101 Å². The van der Waals surface area contributed by atoms with Gasteiger partial charge in [0.1, 0.15) is 0 Å². The van der Waals surface area contributed by atoms with Gasteiger partial charge in [-0.05, 0) is 30.1 Å². The summed E-state index contributed by atoms with van der Waals surface area (Å²) in [6.07, 6.45) is 2.18. The molecule has 0 amide bonds. The van der Waals surface area contributed by atoms with Gasteiger partial charge in [-0.25, -0.2) is 0 Å². The Balaban J connectivity index is 1.99. The van der Waals surface area contributed by atoms with E-state index in [4.69, 9.17) is 23.2 Å². The SMILES string of the molecule is CC1(C)[C@@H]2CC[C@]3(C)C(C(=O)C3(Cl)Cl)[C@@H]21. The number of fused-ring (bicyclic) bond motifs is 3. The van der Waals surface area contributed by atoms with Crippen molar-refractivity contribution in [2.24, 2.45) is 28.6 Å². The van der Waals surface area contributed by atoms with Gasteiger partial charge < -0.3 is 0 Å². The first-order valence-corrected chi connectivity index (χ1v) is 6.42. The van der Waals surface area contributed by atoms with Gasteiger partial charge in [-0.3, -0.25) is 4.79 Å². The van der Waals surface area contributed by atoms with Crippen LogP contribution in [-0.4, -0.2) is 10.1 Å². The molecule has 3 rings (SSSR count). The maximum atomic E-state index is 12.0. The fourth-order valence-electron chi connectivity index (χ4n) is 4.21. The fraction of sp³-hybridized carbons (Fsp3) is 0.917. The van der Waals surface area contributed by atoms with Crippen molar-refractivity contribution in [3.8, 4) is 0 Å². The molecule has 0 aromatic heterocycles. The van der Waals surface area contributed by atoms with Gasteiger partial charge in [0.15, 0.2) is 10.1 Å². The Morgan fingerprint density at radius 2 is 1.87 bits per heavy atom. The van der Waals surface area contributed by atoms with Crippen molar-refractivity contribution in [1.29, 1.82) is 0 Å². The highest BCUT2D eigenvalue weighted by Gasteiger charge is 2.79. The van der Waals surface area contributed by atoms with Crippen LogP contribution in [-0.2, 0) is 4.79 Å². The van der Waals surface area contributed by atoms with E-state index in [1.54, 1.807) is 0 Å². The summed E-state index contributed by atoms with van der Waals surface area (Å²) in [5.41, 5.74) is 0.171. The van der Waals surface area contributed by atoms with Crippen molar-refractivity contribution in [2.75, 3.05) is 0 Å². The first-order chi connectivity index (χ1) is 6.74. The number of hydrogen-bond acceptors (Lipinski definition) is 1. The molecule has 0 spiro atoms. The minimum atomic E-state index is -1.11. The summed E-state index contributed by atoms with van der Waals surface area (Å²) in [7, 11) is 0. The molecule has 0 aromatic rings. The van der Waals surface area contributed by atoms with Gasteiger partial charge >= 0.3 is 0 Å². The molecule has 1 unspecified atom stereocenters. The molecule has 0 N–H and O–H groups in total. The molecule has 3 saturated carbocycles. The smallest absolute Gasteiger partial charge is 0.182 e. The molecule has 0 radical (unpaired) electrons. The molecule has 15 heavy (non-hydrogen) atoms. The van der Waals surface area contributed by atoms with E-state index in [0.29, 0.717) is 11.3 Å². The van der Waals surface area contributed by atoms with E-state index in [1.807, 2.05) is 0 Å². The lowest BCUT2D eigenvalue weighted by Crippen LogP contribution is -2.66. The van der Waals surface area contributed by atoms with Gasteiger partial charge in [0.25, 0.3) is 0 Å². The Morgan fingerprint density at radius 3 is 2.47 bits per heavy atom. The molecule has 3 fully saturated rings. The van der Waals surface area contributed by atoms with Crippen LogP contribution in [0.4, 0.5) is 0 Å². The topological polar surface area (TPSA) is 17.1 Å². The summed E-state index contributed by atoms with van der Waals surface area (Å²) >= 11 is 12.3. The van der Waals surface area contributed by atoms with Crippen LogP contribution in [0.15, 0.2) is 0 Å². The summed E-state index contributed by atoms with van der Waals surface area (Å²) in [4.78, 5) is 12.0. The number of carbonyl (C=O) groups is 1. The minimum Gasteiger partial charge on any atom is -0.296 e. The van der Waals surface area contributed by atoms with Gasteiger partial charge in [0.05, 0.1) is 0 Å². The van der Waals surface area contributed by atoms with E-state index in [2.05, 4.69) is 20.8 Å². The number of rotatable bonds is 0. The number of halogens is 2. The third-order valence-corrected chi connectivity index (χ3v) is 6.70. The molecule has 1 nitrogen and oxygen atoms in total. The third-order valence-electron chi connectivity index (χ3n) is 5.47. The van der Waals surface area contributed by atoms with Crippen molar-refractivity contribution in [3.05, 3.63) is 0 Å². The lowest BCUT2D eigenvalue weighted by atomic mass is 9.52. The quantitative estimate of drug-likeness (QED) is 0.599. The average Bonchev–Trinajstić information content (AvgIpc) is 2.67. The Kier molecular flexibility index (Phi) is 1.67. The summed E-state index contributed by atoms with van der Waals surface area (Å²) in [5, 5.41) is 0. The van der Waals surface area contributed by atoms with E-state index in [0.717, 1.165) is 12.3 Å². The van der Waals surface area contributed by atoms with Crippen molar-refractivity contribution in [3.63, 3.8) is 0 Å². The van der Waals surface area contributed by atoms with Gasteiger partial charge in [0.2, 0.25) is 0 Å². The highest BCUT2D eigenvalue weighted by Crippen LogP contribution is 2.78. The first kappa shape index (κ1) is 10.4. The normalized spacial score (nSPS) is 53.9. The average molecular weight is 247 g/mol. The van der Waals surface area contributed by atoms with Crippen molar-refractivity contribution < 1.29 is 4.79 Å². The van der Waals surface area contributed by atoms with Crippen LogP contribution >= 0.6 is 23.2 Å². The lowest BCUT2D eigenvalue weighted by Gasteiger charge is -2.57. The van der Waals surface area contributed by atoms with E-state index < -0.39 is 4.33 Å². The fourth-order valence-corrected chi connectivity index (χ4v) is 4.87. The van der Waals surface area contributed by atoms with Crippen LogP contribution in [0, 0.1) is 28.6 Å². The predicted molar refractivity (Wildman–Crippen MR) is 61.0 cm³/mol. The van der Waals surface area contributed by atoms with E-state index in [-0.39, 0.29) is 17.1 Å². The number of carbonyl (C=O) groups excluding carboxylic acids is 1. The van der Waals surface area contributed by atoms with Gasteiger partial charge in [-0.1, -0.05) is 44.0 Å². The monoisotopic (exact) mass is 246 g/mol. The highest BCUT2D eigenvalue weighted by atomic mass is 35.5. The van der Waals surface area contributed by atoms with E-state index in [9.17, 15) is 4.79 Å². The number of hydrogen-bond donors (Lipinski definition) is 0. The Hall–Kier alpha value is 0.250. The van der Waals surface area contributed by atoms with Gasteiger partial charge in [-0.15, -0.1) is 0 Å². The highest BCUT2D eigenvalue weighted by molar-refractivity contribution is 6.61. The molecule has 3 aliphatic rings. The standard InChI is InChI=1S/C12H16Cl2O/c1-10(2)6-4-5-11(3)8(7(6)10)9(15)12(11,13)14/h6-8H,4-5H2,1-3H3/t6-,7-,8?,11-/m1/s1. The van der Waals surface area contributed by atoms with Crippen molar-refractivity contribution in [1.82, 2.24) is 0 Å². The molecule has 3 heteroatoms. The molecule has 0 aliphatic heterocycles. The van der Waals surface area contributed by atoms with E-state index >= 15 is 0 Å². The zero-order valence-electron chi connectivity index (χ0n) is 9.31. The maximum Gasteiger partial charge on any atom is 0.182 e. The molecule has 0 aromatic carbocycles. The van der Waals surface area contributed by atoms with E-state index in [1.165, 1.54) is 6.42 Å². The molecule has 0 saturated heterocycles. The molecule has 0 heterocycles. The van der Waals surface area contributed by atoms with Crippen molar-refractivity contribution in [2.45, 2.75) is 37.9 Å². The van der Waals surface area contributed by atoms with Crippen LogP contribution in [0.25, 0.3) is 0 Å². The molecular formula is C12H16Cl2O. The largest absolute Gasteiger partial charge is 0.296 e. The minimum absolute atomic E-state index is 0.0774. The van der Waals surface area contributed by atoms with Crippen LogP contribution in [0.5, 0.6) is 0 Å².